The van der Waals surface area contributed by atoms with Crippen LogP contribution in [0, 0.1) is 17.8 Å². The first kappa shape index (κ1) is 21.8. The summed E-state index contributed by atoms with van der Waals surface area (Å²) >= 11 is 0. The molecule has 3 aliphatic rings. The number of benzene rings is 1. The summed E-state index contributed by atoms with van der Waals surface area (Å²) < 4.78 is 26.4. The Bertz CT molecular complexity index is 843. The van der Waals surface area contributed by atoms with Crippen molar-refractivity contribution < 1.29 is 13.2 Å². The topological polar surface area (TPSA) is 69.7 Å². The van der Waals surface area contributed by atoms with E-state index in [0.717, 1.165) is 32.5 Å². The first-order valence-corrected chi connectivity index (χ1v) is 13.0. The molecule has 6 nitrogen and oxygen atoms in total. The van der Waals surface area contributed by atoms with E-state index in [1.807, 2.05) is 19.9 Å². The fourth-order valence-electron chi connectivity index (χ4n) is 5.60. The first-order chi connectivity index (χ1) is 14.3. The van der Waals surface area contributed by atoms with E-state index in [4.69, 9.17) is 0 Å². The fourth-order valence-corrected chi connectivity index (χ4v) is 7.30. The van der Waals surface area contributed by atoms with Gasteiger partial charge in [-0.15, -0.1) is 0 Å². The molecule has 30 heavy (non-hydrogen) atoms. The second kappa shape index (κ2) is 8.97. The van der Waals surface area contributed by atoms with E-state index in [9.17, 15) is 13.2 Å². The minimum atomic E-state index is -3.31. The van der Waals surface area contributed by atoms with Gasteiger partial charge < -0.3 is 5.32 Å². The van der Waals surface area contributed by atoms with Crippen molar-refractivity contribution in [1.82, 2.24) is 14.5 Å². The van der Waals surface area contributed by atoms with Crippen molar-refractivity contribution in [3.8, 4) is 0 Å². The van der Waals surface area contributed by atoms with Gasteiger partial charge in [0.2, 0.25) is 15.9 Å². The zero-order chi connectivity index (χ0) is 21.3. The highest BCUT2D eigenvalue weighted by atomic mass is 32.2. The molecule has 3 fully saturated rings. The summed E-state index contributed by atoms with van der Waals surface area (Å²) in [6.45, 7) is 7.61. The molecule has 0 aromatic heterocycles. The Morgan fingerprint density at radius 3 is 2.60 bits per heavy atom. The van der Waals surface area contributed by atoms with Crippen LogP contribution in [-0.4, -0.2) is 61.0 Å². The monoisotopic (exact) mass is 433 g/mol. The molecule has 0 radical (unpaired) electrons. The molecule has 0 unspecified atom stereocenters. The molecule has 1 N–H and O–H groups in total. The molecule has 4 atom stereocenters. The third-order valence-corrected chi connectivity index (χ3v) is 8.95. The number of hydrogen-bond acceptors (Lipinski definition) is 4. The van der Waals surface area contributed by atoms with Crippen LogP contribution >= 0.6 is 0 Å². The summed E-state index contributed by atoms with van der Waals surface area (Å²) in [6, 6.07) is 10.1. The maximum absolute atomic E-state index is 13.2. The summed E-state index contributed by atoms with van der Waals surface area (Å²) in [5.41, 5.74) is 1.33. The maximum Gasteiger partial charge on any atom is 0.238 e. The predicted molar refractivity (Wildman–Crippen MR) is 118 cm³/mol. The number of carbonyl (C=O) groups is 1. The third kappa shape index (κ3) is 4.73. The van der Waals surface area contributed by atoms with E-state index < -0.39 is 16.1 Å². The highest BCUT2D eigenvalue weighted by Gasteiger charge is 2.45. The zero-order valence-corrected chi connectivity index (χ0v) is 19.0. The van der Waals surface area contributed by atoms with E-state index in [-0.39, 0.29) is 23.6 Å². The standard InChI is InChI=1S/C23H35N3O3S/c1-17(2)13-22(26-11-6-12-30(26,28)29)23(27)24-21-10-9-19-15-25(16-20(19)21)14-18-7-4-3-5-8-18/h3-5,7-8,17,19-22H,6,9-16H2,1-2H3,(H,24,27)/t19-,20+,21+,22-/m0/s1. The molecule has 1 amide bonds. The number of likely N-dealkylation sites (tertiary alicyclic amines) is 1. The Kier molecular flexibility index (Phi) is 6.51. The van der Waals surface area contributed by atoms with Crippen molar-refractivity contribution >= 4 is 15.9 Å². The summed E-state index contributed by atoms with van der Waals surface area (Å²) in [7, 11) is -3.31. The molecule has 0 spiro atoms. The lowest BCUT2D eigenvalue weighted by Gasteiger charge is -2.29. The fraction of sp³-hybridized carbons (Fsp3) is 0.696. The third-order valence-electron chi connectivity index (χ3n) is 6.99. The summed E-state index contributed by atoms with van der Waals surface area (Å²) in [6.07, 6.45) is 3.33. The first-order valence-electron chi connectivity index (χ1n) is 11.4. The van der Waals surface area contributed by atoms with Crippen LogP contribution in [-0.2, 0) is 21.4 Å². The molecule has 2 heterocycles. The minimum Gasteiger partial charge on any atom is -0.352 e. The van der Waals surface area contributed by atoms with Crippen LogP contribution in [0.3, 0.4) is 0 Å². The molecule has 4 rings (SSSR count). The van der Waals surface area contributed by atoms with Gasteiger partial charge in [-0.05, 0) is 49.0 Å². The summed E-state index contributed by atoms with van der Waals surface area (Å²) in [5, 5.41) is 3.28. The van der Waals surface area contributed by atoms with Crippen LogP contribution < -0.4 is 5.32 Å². The van der Waals surface area contributed by atoms with Crippen molar-refractivity contribution in [2.45, 2.75) is 58.2 Å². The van der Waals surface area contributed by atoms with Gasteiger partial charge in [0.1, 0.15) is 6.04 Å². The molecule has 1 aromatic rings. The normalized spacial score (nSPS) is 29.9. The van der Waals surface area contributed by atoms with Gasteiger partial charge in [-0.1, -0.05) is 44.2 Å². The van der Waals surface area contributed by atoms with E-state index in [0.29, 0.717) is 31.2 Å². The molecular weight excluding hydrogens is 398 g/mol. The van der Waals surface area contributed by atoms with Crippen LogP contribution in [0.4, 0.5) is 0 Å². The quantitative estimate of drug-likeness (QED) is 0.717. The molecule has 0 bridgehead atoms. The molecule has 1 saturated carbocycles. The van der Waals surface area contributed by atoms with Gasteiger partial charge >= 0.3 is 0 Å². The van der Waals surface area contributed by atoms with Crippen molar-refractivity contribution in [1.29, 1.82) is 0 Å². The van der Waals surface area contributed by atoms with Crippen molar-refractivity contribution in [3.63, 3.8) is 0 Å². The number of carbonyl (C=O) groups excluding carboxylic acids is 1. The van der Waals surface area contributed by atoms with Gasteiger partial charge in [-0.2, -0.15) is 4.31 Å². The van der Waals surface area contributed by atoms with Gasteiger partial charge in [0.25, 0.3) is 0 Å². The van der Waals surface area contributed by atoms with Crippen LogP contribution in [0.15, 0.2) is 30.3 Å². The predicted octanol–water partition coefficient (Wildman–Crippen LogP) is 2.46. The smallest absolute Gasteiger partial charge is 0.238 e. The van der Waals surface area contributed by atoms with Crippen LogP contribution in [0.2, 0.25) is 0 Å². The zero-order valence-electron chi connectivity index (χ0n) is 18.2. The molecule has 2 saturated heterocycles. The number of hydrogen-bond donors (Lipinski definition) is 1. The SMILES string of the molecule is CC(C)C[C@@H](C(=O)N[C@@H]1CC[C@H]2CN(Cc3ccccc3)C[C@H]21)N1CCCS1(=O)=O. The Morgan fingerprint density at radius 1 is 1.17 bits per heavy atom. The number of fused-ring (bicyclic) bond motifs is 1. The molecule has 1 aromatic carbocycles. The Hall–Kier alpha value is -1.44. The van der Waals surface area contributed by atoms with Gasteiger partial charge in [-0.25, -0.2) is 8.42 Å². The number of rotatable bonds is 7. The number of nitrogens with zero attached hydrogens (tertiary/aromatic N) is 2. The number of nitrogens with one attached hydrogen (secondary N) is 1. The van der Waals surface area contributed by atoms with Gasteiger partial charge in [-0.3, -0.25) is 9.69 Å². The molecule has 166 valence electrons. The lowest BCUT2D eigenvalue weighted by molar-refractivity contribution is -0.126. The number of amides is 1. The molecular formula is C23H35N3O3S. The Morgan fingerprint density at radius 2 is 1.93 bits per heavy atom. The van der Waals surface area contributed by atoms with Crippen LogP contribution in [0.1, 0.15) is 45.1 Å². The second-order valence-electron chi connectivity index (χ2n) is 9.72. The average Bonchev–Trinajstić information content (AvgIpc) is 3.35. The van der Waals surface area contributed by atoms with E-state index >= 15 is 0 Å². The molecule has 1 aliphatic carbocycles. The van der Waals surface area contributed by atoms with Crippen molar-refractivity contribution in [2.75, 3.05) is 25.4 Å². The summed E-state index contributed by atoms with van der Waals surface area (Å²) in [5.74, 6) is 1.42. The summed E-state index contributed by atoms with van der Waals surface area (Å²) in [4.78, 5) is 15.7. The Labute approximate surface area is 181 Å². The molecule has 7 heteroatoms. The molecule has 2 aliphatic heterocycles. The highest BCUT2D eigenvalue weighted by Crippen LogP contribution is 2.39. The van der Waals surface area contributed by atoms with Gasteiger partial charge in [0.05, 0.1) is 5.75 Å². The number of sulfonamides is 1. The second-order valence-corrected chi connectivity index (χ2v) is 11.8. The highest BCUT2D eigenvalue weighted by molar-refractivity contribution is 7.89. The van der Waals surface area contributed by atoms with E-state index in [2.05, 4.69) is 34.5 Å². The lowest BCUT2D eigenvalue weighted by Crippen LogP contribution is -2.52. The maximum atomic E-state index is 13.2. The van der Waals surface area contributed by atoms with E-state index in [1.54, 1.807) is 0 Å². The van der Waals surface area contributed by atoms with Crippen molar-refractivity contribution in [3.05, 3.63) is 35.9 Å². The van der Waals surface area contributed by atoms with E-state index in [1.165, 1.54) is 9.87 Å². The van der Waals surface area contributed by atoms with Gasteiger partial charge in [0.15, 0.2) is 0 Å². The van der Waals surface area contributed by atoms with Crippen LogP contribution in [0.5, 0.6) is 0 Å². The average molecular weight is 434 g/mol. The van der Waals surface area contributed by atoms with Crippen molar-refractivity contribution in [2.24, 2.45) is 17.8 Å². The van der Waals surface area contributed by atoms with Crippen LogP contribution in [0.25, 0.3) is 0 Å². The van der Waals surface area contributed by atoms with Gasteiger partial charge in [0, 0.05) is 32.2 Å². The minimum absolute atomic E-state index is 0.0960. The Balaban J connectivity index is 1.40. The largest absolute Gasteiger partial charge is 0.352 e. The lowest BCUT2D eigenvalue weighted by atomic mass is 9.97.